The quantitative estimate of drug-likeness (QED) is 0.517. The third-order valence-corrected chi connectivity index (χ3v) is 5.32. The average molecular weight is 367 g/mol. The number of nitrogens with zero attached hydrogens (tertiary/aromatic N) is 1. The van der Waals surface area contributed by atoms with Gasteiger partial charge < -0.3 is 10.1 Å². The lowest BCUT2D eigenvalue weighted by atomic mass is 10.1. The van der Waals surface area contributed by atoms with Crippen molar-refractivity contribution in [3.63, 3.8) is 0 Å². The molecule has 0 aliphatic carbocycles. The van der Waals surface area contributed by atoms with Crippen molar-refractivity contribution in [1.82, 2.24) is 9.88 Å². The summed E-state index contributed by atoms with van der Waals surface area (Å²) in [5.41, 5.74) is 3.69. The Hall–Kier alpha value is -2.30. The fourth-order valence-corrected chi connectivity index (χ4v) is 3.90. The Morgan fingerprint density at radius 3 is 2.96 bits per heavy atom. The van der Waals surface area contributed by atoms with E-state index in [2.05, 4.69) is 58.7 Å². The number of benzene rings is 1. The number of hydrogen-bond donors (Lipinski definition) is 2. The second kappa shape index (κ2) is 8.88. The fraction of sp³-hybridized carbons (Fsp3) is 0.273. The van der Waals surface area contributed by atoms with Crippen molar-refractivity contribution in [1.29, 1.82) is 0 Å². The normalized spacial score (nSPS) is 12.7. The van der Waals surface area contributed by atoms with Crippen LogP contribution in [0.1, 0.15) is 24.3 Å². The van der Waals surface area contributed by atoms with E-state index in [9.17, 15) is 5.11 Å². The molecular formula is C22H26N2OS. The van der Waals surface area contributed by atoms with Crippen molar-refractivity contribution in [2.75, 3.05) is 13.1 Å². The monoisotopic (exact) mass is 366 g/mol. The molecule has 0 bridgehead atoms. The van der Waals surface area contributed by atoms with Crippen molar-refractivity contribution in [2.24, 2.45) is 0 Å². The van der Waals surface area contributed by atoms with Crippen LogP contribution in [0.15, 0.2) is 65.7 Å². The predicted molar refractivity (Wildman–Crippen MR) is 112 cm³/mol. The maximum absolute atomic E-state index is 9.79. The maximum Gasteiger partial charge on any atom is 0.116 e. The molecule has 0 saturated carbocycles. The maximum atomic E-state index is 9.79. The number of phenolic OH excluding ortho intramolecular Hbond substituents is 1. The van der Waals surface area contributed by atoms with Crippen LogP contribution in [0.3, 0.4) is 0 Å². The number of hydrogen-bond acceptors (Lipinski definition) is 3. The van der Waals surface area contributed by atoms with Crippen LogP contribution >= 0.6 is 11.3 Å². The summed E-state index contributed by atoms with van der Waals surface area (Å²) < 4.78 is 0. The van der Waals surface area contributed by atoms with Crippen molar-refractivity contribution >= 4 is 22.2 Å². The van der Waals surface area contributed by atoms with Crippen molar-refractivity contribution in [3.8, 4) is 5.75 Å². The van der Waals surface area contributed by atoms with Gasteiger partial charge in [0, 0.05) is 41.6 Å². The zero-order chi connectivity index (χ0) is 18.4. The number of phenols is 1. The summed E-state index contributed by atoms with van der Waals surface area (Å²) in [7, 11) is 0. The van der Waals surface area contributed by atoms with Crippen LogP contribution in [0.4, 0.5) is 0 Å². The number of aromatic nitrogens is 1. The smallest absolute Gasteiger partial charge is 0.116 e. The van der Waals surface area contributed by atoms with Gasteiger partial charge in [0.2, 0.25) is 0 Å². The van der Waals surface area contributed by atoms with E-state index in [1.165, 1.54) is 16.0 Å². The second-order valence-corrected chi connectivity index (χ2v) is 7.65. The molecule has 0 unspecified atom stereocenters. The Kier molecular flexibility index (Phi) is 6.31. The highest BCUT2D eigenvalue weighted by atomic mass is 32.1. The van der Waals surface area contributed by atoms with Crippen LogP contribution in [-0.2, 0) is 13.0 Å². The van der Waals surface area contributed by atoms with Crippen LogP contribution in [0, 0.1) is 0 Å². The van der Waals surface area contributed by atoms with Crippen molar-refractivity contribution in [2.45, 2.75) is 26.8 Å². The van der Waals surface area contributed by atoms with Crippen LogP contribution < -0.4 is 0 Å². The van der Waals surface area contributed by atoms with Gasteiger partial charge in [-0.1, -0.05) is 29.9 Å². The number of aromatic hydroxyl groups is 1. The summed E-state index contributed by atoms with van der Waals surface area (Å²) in [6.07, 6.45) is 9.36. The molecule has 0 fully saturated rings. The van der Waals surface area contributed by atoms with Crippen LogP contribution in [0.5, 0.6) is 5.75 Å². The average Bonchev–Trinajstić information content (AvgIpc) is 3.27. The van der Waals surface area contributed by atoms with Crippen molar-refractivity contribution < 1.29 is 5.11 Å². The van der Waals surface area contributed by atoms with Gasteiger partial charge in [0.15, 0.2) is 0 Å². The Morgan fingerprint density at radius 2 is 2.19 bits per heavy atom. The summed E-state index contributed by atoms with van der Waals surface area (Å²) in [4.78, 5) is 7.18. The van der Waals surface area contributed by atoms with Gasteiger partial charge in [0.1, 0.15) is 5.75 Å². The minimum absolute atomic E-state index is 0.318. The highest BCUT2D eigenvalue weighted by Crippen LogP contribution is 2.24. The molecule has 0 aliphatic rings. The van der Waals surface area contributed by atoms with Gasteiger partial charge in [0.05, 0.1) is 0 Å². The highest BCUT2D eigenvalue weighted by molar-refractivity contribution is 7.09. The largest absolute Gasteiger partial charge is 0.508 e. The Labute approximate surface area is 159 Å². The summed E-state index contributed by atoms with van der Waals surface area (Å²) in [5, 5.41) is 13.0. The van der Waals surface area contributed by atoms with Crippen molar-refractivity contribution in [3.05, 3.63) is 76.2 Å². The molecule has 3 rings (SSSR count). The van der Waals surface area contributed by atoms with E-state index in [1.807, 2.05) is 30.4 Å². The number of allylic oxidation sites excluding steroid dienone is 3. The van der Waals surface area contributed by atoms with E-state index in [4.69, 9.17) is 0 Å². The lowest BCUT2D eigenvalue weighted by Gasteiger charge is -2.22. The van der Waals surface area contributed by atoms with Gasteiger partial charge in [-0.2, -0.15) is 0 Å². The molecule has 0 atom stereocenters. The molecule has 3 aromatic rings. The van der Waals surface area contributed by atoms with Gasteiger partial charge in [-0.25, -0.2) is 0 Å². The molecule has 26 heavy (non-hydrogen) atoms. The topological polar surface area (TPSA) is 39.3 Å². The molecule has 136 valence electrons. The van der Waals surface area contributed by atoms with Gasteiger partial charge in [-0.15, -0.1) is 11.3 Å². The van der Waals surface area contributed by atoms with E-state index in [0.717, 1.165) is 37.0 Å². The fourth-order valence-electron chi connectivity index (χ4n) is 3.15. The molecule has 2 N–H and O–H groups in total. The summed E-state index contributed by atoms with van der Waals surface area (Å²) in [6, 6.07) is 9.82. The summed E-state index contributed by atoms with van der Waals surface area (Å²) >= 11 is 1.81. The molecule has 2 aromatic heterocycles. The Bertz CT molecular complexity index is 890. The number of H-pyrrole nitrogens is 1. The van der Waals surface area contributed by atoms with Gasteiger partial charge >= 0.3 is 0 Å². The van der Waals surface area contributed by atoms with Crippen LogP contribution in [0.2, 0.25) is 0 Å². The van der Waals surface area contributed by atoms with Crippen LogP contribution in [-0.4, -0.2) is 28.1 Å². The van der Waals surface area contributed by atoms with E-state index in [0.29, 0.717) is 5.75 Å². The number of nitrogens with one attached hydrogen (secondary N) is 1. The molecule has 0 amide bonds. The summed E-state index contributed by atoms with van der Waals surface area (Å²) in [5.74, 6) is 0.318. The van der Waals surface area contributed by atoms with E-state index < -0.39 is 0 Å². The second-order valence-electron chi connectivity index (χ2n) is 6.62. The minimum Gasteiger partial charge on any atom is -0.508 e. The van der Waals surface area contributed by atoms with E-state index >= 15 is 0 Å². The number of fused-ring (bicyclic) bond motifs is 1. The number of rotatable bonds is 8. The first kappa shape index (κ1) is 18.5. The number of aromatic amines is 1. The molecule has 4 heteroatoms. The standard InChI is InChI=1S/C22H26N2OS/c1-3-4-6-17(2)15-24(16-20-7-5-12-26-20)11-10-18-14-23-22-9-8-19(25)13-21(18)22/h3-9,12-14,23,25H,10-11,15-16H2,1-2H3/b4-3-,17-6+. The van der Waals surface area contributed by atoms with Gasteiger partial charge in [0.25, 0.3) is 0 Å². The van der Waals surface area contributed by atoms with Gasteiger partial charge in [-0.3, -0.25) is 4.90 Å². The Morgan fingerprint density at radius 1 is 1.31 bits per heavy atom. The first-order valence-electron chi connectivity index (χ1n) is 8.98. The Balaban J connectivity index is 1.72. The predicted octanol–water partition coefficient (Wildman–Crippen LogP) is 5.50. The zero-order valence-corrected chi connectivity index (χ0v) is 16.2. The lowest BCUT2D eigenvalue weighted by molar-refractivity contribution is 0.294. The summed E-state index contributed by atoms with van der Waals surface area (Å²) in [6.45, 7) is 7.12. The zero-order valence-electron chi connectivity index (χ0n) is 15.4. The van der Waals surface area contributed by atoms with Crippen LogP contribution in [0.25, 0.3) is 10.9 Å². The molecule has 0 saturated heterocycles. The lowest BCUT2D eigenvalue weighted by Crippen LogP contribution is -2.27. The highest BCUT2D eigenvalue weighted by Gasteiger charge is 2.10. The molecule has 0 spiro atoms. The molecule has 3 nitrogen and oxygen atoms in total. The third kappa shape index (κ3) is 4.87. The molecule has 0 radical (unpaired) electrons. The van der Waals surface area contributed by atoms with Gasteiger partial charge in [-0.05, 0) is 55.5 Å². The molecule has 2 heterocycles. The first-order chi connectivity index (χ1) is 12.7. The van der Waals surface area contributed by atoms with E-state index in [-0.39, 0.29) is 0 Å². The molecule has 1 aromatic carbocycles. The SMILES string of the molecule is C/C=C\C=C(/C)CN(CCc1c[nH]c2ccc(O)cc12)Cc1cccs1. The minimum atomic E-state index is 0.318. The molecular weight excluding hydrogens is 340 g/mol. The molecule has 0 aliphatic heterocycles. The third-order valence-electron chi connectivity index (χ3n) is 4.45. The first-order valence-corrected chi connectivity index (χ1v) is 9.86. The van der Waals surface area contributed by atoms with E-state index in [1.54, 1.807) is 6.07 Å². The number of thiophene rings is 1.